The summed E-state index contributed by atoms with van der Waals surface area (Å²) in [6.07, 6.45) is 2.61. The third kappa shape index (κ3) is 2.35. The molecule has 0 saturated heterocycles. The first-order valence-electron chi connectivity index (χ1n) is 6.97. The minimum atomic E-state index is -0.640. The lowest BCUT2D eigenvalue weighted by atomic mass is 10.2. The topological polar surface area (TPSA) is 60.5 Å². The molecule has 0 spiro atoms. The number of benzene rings is 1. The average Bonchev–Trinajstić information content (AvgIpc) is 3.08. The Balaban J connectivity index is 1.46. The highest BCUT2D eigenvalue weighted by atomic mass is 32.1. The molecule has 0 unspecified atom stereocenters. The molecule has 0 saturated carbocycles. The number of thiazole rings is 1. The molecule has 0 radical (unpaired) electrons. The van der Waals surface area contributed by atoms with E-state index in [9.17, 15) is 4.79 Å². The van der Waals surface area contributed by atoms with Crippen LogP contribution in [-0.4, -0.2) is 23.6 Å². The summed E-state index contributed by atoms with van der Waals surface area (Å²) < 4.78 is 11.2. The largest absolute Gasteiger partial charge is 0.485 e. The summed E-state index contributed by atoms with van der Waals surface area (Å²) in [6, 6.07) is 7.36. The molecule has 21 heavy (non-hydrogen) atoms. The molecule has 2 aliphatic rings. The van der Waals surface area contributed by atoms with Gasteiger partial charge in [-0.3, -0.25) is 10.1 Å². The van der Waals surface area contributed by atoms with Crippen LogP contribution in [0.3, 0.4) is 0 Å². The molecule has 108 valence electrons. The molecule has 1 aromatic heterocycles. The zero-order valence-corrected chi connectivity index (χ0v) is 12.1. The van der Waals surface area contributed by atoms with E-state index in [1.54, 1.807) is 17.4 Å². The maximum atomic E-state index is 12.3. The van der Waals surface area contributed by atoms with Crippen LogP contribution in [0.15, 0.2) is 24.3 Å². The van der Waals surface area contributed by atoms with Crippen LogP contribution in [0, 0.1) is 0 Å². The molecule has 1 amide bonds. The Bertz CT molecular complexity index is 676. The van der Waals surface area contributed by atoms with Gasteiger partial charge in [-0.2, -0.15) is 0 Å². The Morgan fingerprint density at radius 1 is 1.29 bits per heavy atom. The summed E-state index contributed by atoms with van der Waals surface area (Å²) in [4.78, 5) is 18.0. The Hall–Kier alpha value is -2.08. The standard InChI is InChI=1S/C15H14N2O3S/c18-14(17-15-16-9-4-3-7-13(9)21-15)12-8-19-10-5-1-2-6-11(10)20-12/h1-2,5-6,12H,3-4,7-8H2,(H,16,17,18)/t12-/m0/s1. The molecular formula is C15H14N2O3S. The Morgan fingerprint density at radius 3 is 3.00 bits per heavy atom. The number of rotatable bonds is 2. The highest BCUT2D eigenvalue weighted by Crippen LogP contribution is 2.32. The predicted octanol–water partition coefficient (Wildman–Crippen LogP) is 2.41. The minimum absolute atomic E-state index is 0.211. The first-order chi connectivity index (χ1) is 10.3. The predicted molar refractivity (Wildman–Crippen MR) is 79.1 cm³/mol. The van der Waals surface area contributed by atoms with Gasteiger partial charge in [0.15, 0.2) is 16.6 Å². The van der Waals surface area contributed by atoms with Gasteiger partial charge in [-0.25, -0.2) is 4.98 Å². The summed E-state index contributed by atoms with van der Waals surface area (Å²) in [5.41, 5.74) is 1.13. The van der Waals surface area contributed by atoms with Gasteiger partial charge in [-0.15, -0.1) is 11.3 Å². The molecule has 0 fully saturated rings. The van der Waals surface area contributed by atoms with Crippen molar-refractivity contribution in [3.8, 4) is 11.5 Å². The second-order valence-electron chi connectivity index (χ2n) is 5.10. The number of carbonyl (C=O) groups excluding carboxylic acids is 1. The van der Waals surface area contributed by atoms with Crippen LogP contribution >= 0.6 is 11.3 Å². The smallest absolute Gasteiger partial charge is 0.270 e. The molecule has 2 aromatic rings. The number of hydrogen-bond donors (Lipinski definition) is 1. The van der Waals surface area contributed by atoms with Crippen LogP contribution in [0.5, 0.6) is 11.5 Å². The van der Waals surface area contributed by atoms with Gasteiger partial charge < -0.3 is 9.47 Å². The lowest BCUT2D eigenvalue weighted by Crippen LogP contribution is -2.40. The second-order valence-corrected chi connectivity index (χ2v) is 6.18. The van der Waals surface area contributed by atoms with Crippen LogP contribution in [0.25, 0.3) is 0 Å². The van der Waals surface area contributed by atoms with Gasteiger partial charge in [-0.1, -0.05) is 12.1 Å². The van der Waals surface area contributed by atoms with Crippen LogP contribution in [-0.2, 0) is 17.6 Å². The fourth-order valence-corrected chi connectivity index (χ4v) is 3.63. The number of anilines is 1. The number of aryl methyl sites for hydroxylation is 2. The zero-order chi connectivity index (χ0) is 14.2. The van der Waals surface area contributed by atoms with Crippen LogP contribution in [0.2, 0.25) is 0 Å². The van der Waals surface area contributed by atoms with Gasteiger partial charge in [0.1, 0.15) is 6.61 Å². The molecule has 1 aliphatic carbocycles. The van der Waals surface area contributed by atoms with E-state index in [-0.39, 0.29) is 12.5 Å². The number of ether oxygens (including phenoxy) is 2. The van der Waals surface area contributed by atoms with Crippen molar-refractivity contribution >= 4 is 22.4 Å². The van der Waals surface area contributed by atoms with Crippen LogP contribution in [0.4, 0.5) is 5.13 Å². The maximum absolute atomic E-state index is 12.3. The third-order valence-electron chi connectivity index (χ3n) is 3.63. The molecule has 5 nitrogen and oxygen atoms in total. The average molecular weight is 302 g/mol. The summed E-state index contributed by atoms with van der Waals surface area (Å²) in [6.45, 7) is 0.216. The molecule has 2 heterocycles. The van der Waals surface area contributed by atoms with E-state index in [2.05, 4.69) is 10.3 Å². The van der Waals surface area contributed by atoms with E-state index in [1.165, 1.54) is 11.3 Å². The van der Waals surface area contributed by atoms with Crippen LogP contribution in [0.1, 0.15) is 17.0 Å². The van der Waals surface area contributed by atoms with Crippen molar-refractivity contribution in [3.05, 3.63) is 34.8 Å². The molecule has 0 bridgehead atoms. The number of hydrogen-bond acceptors (Lipinski definition) is 5. The van der Waals surface area contributed by atoms with Crippen molar-refractivity contribution in [2.24, 2.45) is 0 Å². The van der Waals surface area contributed by atoms with E-state index in [0.717, 1.165) is 18.5 Å². The van der Waals surface area contributed by atoms with Gasteiger partial charge in [-0.05, 0) is 31.4 Å². The zero-order valence-electron chi connectivity index (χ0n) is 11.3. The first-order valence-corrected chi connectivity index (χ1v) is 7.79. The monoisotopic (exact) mass is 302 g/mol. The fraction of sp³-hybridized carbons (Fsp3) is 0.333. The SMILES string of the molecule is O=C(Nc1nc2c(s1)CCC2)[C@@H]1COc2ccccc2O1. The minimum Gasteiger partial charge on any atom is -0.485 e. The summed E-state index contributed by atoms with van der Waals surface area (Å²) in [7, 11) is 0. The number of carbonyl (C=O) groups is 1. The lowest BCUT2D eigenvalue weighted by Gasteiger charge is -2.25. The summed E-state index contributed by atoms with van der Waals surface area (Å²) in [5, 5.41) is 3.49. The van der Waals surface area contributed by atoms with Gasteiger partial charge in [0, 0.05) is 4.88 Å². The number of nitrogens with one attached hydrogen (secondary N) is 1. The number of amides is 1. The fourth-order valence-electron chi connectivity index (χ4n) is 2.58. The number of fused-ring (bicyclic) bond motifs is 2. The Morgan fingerprint density at radius 2 is 2.14 bits per heavy atom. The van der Waals surface area contributed by atoms with Crippen molar-refractivity contribution < 1.29 is 14.3 Å². The Labute approximate surface area is 125 Å². The van der Waals surface area contributed by atoms with Crippen molar-refractivity contribution in [2.75, 3.05) is 11.9 Å². The van der Waals surface area contributed by atoms with Crippen molar-refractivity contribution in [1.29, 1.82) is 0 Å². The highest BCUT2D eigenvalue weighted by Gasteiger charge is 2.28. The van der Waals surface area contributed by atoms with E-state index >= 15 is 0 Å². The lowest BCUT2D eigenvalue weighted by molar-refractivity contribution is -0.125. The van der Waals surface area contributed by atoms with E-state index < -0.39 is 6.10 Å². The quantitative estimate of drug-likeness (QED) is 0.925. The van der Waals surface area contributed by atoms with E-state index in [1.807, 2.05) is 18.2 Å². The van der Waals surface area contributed by atoms with E-state index in [4.69, 9.17) is 9.47 Å². The van der Waals surface area contributed by atoms with Gasteiger partial charge in [0.05, 0.1) is 5.69 Å². The Kier molecular flexibility index (Phi) is 3.03. The van der Waals surface area contributed by atoms with Gasteiger partial charge in [0.25, 0.3) is 5.91 Å². The number of para-hydroxylation sites is 2. The molecule has 1 aliphatic heterocycles. The van der Waals surface area contributed by atoms with Crippen molar-refractivity contribution in [3.63, 3.8) is 0 Å². The van der Waals surface area contributed by atoms with Gasteiger partial charge in [0.2, 0.25) is 6.10 Å². The molecule has 1 N–H and O–H groups in total. The number of nitrogens with zero attached hydrogens (tertiary/aromatic N) is 1. The highest BCUT2D eigenvalue weighted by molar-refractivity contribution is 7.15. The molecule has 1 atom stereocenters. The third-order valence-corrected chi connectivity index (χ3v) is 4.70. The summed E-state index contributed by atoms with van der Waals surface area (Å²) >= 11 is 1.56. The maximum Gasteiger partial charge on any atom is 0.270 e. The molecular weight excluding hydrogens is 288 g/mol. The number of aromatic nitrogens is 1. The summed E-state index contributed by atoms with van der Waals surface area (Å²) in [5.74, 6) is 1.07. The first kappa shape index (κ1) is 12.6. The van der Waals surface area contributed by atoms with Crippen LogP contribution < -0.4 is 14.8 Å². The second kappa shape index (κ2) is 5.04. The molecule has 1 aromatic carbocycles. The molecule has 6 heteroatoms. The van der Waals surface area contributed by atoms with Crippen molar-refractivity contribution in [2.45, 2.75) is 25.4 Å². The molecule has 4 rings (SSSR count). The van der Waals surface area contributed by atoms with E-state index in [0.29, 0.717) is 16.6 Å². The van der Waals surface area contributed by atoms with Crippen molar-refractivity contribution in [1.82, 2.24) is 4.98 Å². The van der Waals surface area contributed by atoms with Gasteiger partial charge >= 0.3 is 0 Å². The normalized spacial score (nSPS) is 19.1.